The van der Waals surface area contributed by atoms with Gasteiger partial charge in [-0.1, -0.05) is 5.21 Å². The summed E-state index contributed by atoms with van der Waals surface area (Å²) in [6.07, 6.45) is 0. The Morgan fingerprint density at radius 2 is 2.00 bits per heavy atom. The first-order valence-electron chi connectivity index (χ1n) is 4.63. The molecule has 1 aromatic heterocycles. The van der Waals surface area contributed by atoms with Crippen molar-refractivity contribution in [3.05, 3.63) is 35.7 Å². The number of nitrogens with two attached hydrogens (primary N) is 1. The van der Waals surface area contributed by atoms with Gasteiger partial charge in [0.15, 0.2) is 0 Å². The molecule has 5 nitrogen and oxygen atoms in total. The van der Waals surface area contributed by atoms with Gasteiger partial charge in [0.05, 0.1) is 17.1 Å². The number of phenols is 1. The summed E-state index contributed by atoms with van der Waals surface area (Å²) in [6.45, 7) is 2.29. The maximum Gasteiger partial charge on any atom is 0.115 e. The van der Waals surface area contributed by atoms with Crippen molar-refractivity contribution in [3.8, 4) is 11.4 Å². The Morgan fingerprint density at radius 3 is 2.53 bits per heavy atom. The Hall–Kier alpha value is -1.88. The molecule has 15 heavy (non-hydrogen) atoms. The van der Waals surface area contributed by atoms with E-state index in [1.165, 1.54) is 0 Å². The van der Waals surface area contributed by atoms with Gasteiger partial charge in [-0.25, -0.2) is 4.68 Å². The molecule has 2 rings (SSSR count). The lowest BCUT2D eigenvalue weighted by Crippen LogP contribution is -2.01. The number of benzene rings is 1. The second-order valence-electron chi connectivity index (χ2n) is 3.25. The second kappa shape index (κ2) is 3.70. The van der Waals surface area contributed by atoms with E-state index in [1.54, 1.807) is 28.9 Å². The van der Waals surface area contributed by atoms with E-state index in [4.69, 9.17) is 10.8 Å². The van der Waals surface area contributed by atoms with Crippen molar-refractivity contribution in [2.75, 3.05) is 0 Å². The third-order valence-electron chi connectivity index (χ3n) is 2.28. The predicted octanol–water partition coefficient (Wildman–Crippen LogP) is 0.740. The van der Waals surface area contributed by atoms with Crippen LogP contribution in [0.25, 0.3) is 5.69 Å². The lowest BCUT2D eigenvalue weighted by atomic mass is 10.3. The number of hydrogen-bond acceptors (Lipinski definition) is 4. The van der Waals surface area contributed by atoms with E-state index in [2.05, 4.69) is 10.3 Å². The lowest BCUT2D eigenvalue weighted by Gasteiger charge is -2.02. The van der Waals surface area contributed by atoms with E-state index in [9.17, 15) is 0 Å². The van der Waals surface area contributed by atoms with Gasteiger partial charge >= 0.3 is 0 Å². The molecular formula is C10H12N4O. The summed E-state index contributed by atoms with van der Waals surface area (Å²) in [6, 6.07) is 6.77. The minimum atomic E-state index is 0.232. The summed E-state index contributed by atoms with van der Waals surface area (Å²) < 4.78 is 1.70. The van der Waals surface area contributed by atoms with Crippen LogP contribution in [0.4, 0.5) is 0 Å². The first-order valence-corrected chi connectivity index (χ1v) is 4.63. The van der Waals surface area contributed by atoms with Gasteiger partial charge in [0, 0.05) is 6.54 Å². The van der Waals surface area contributed by atoms with Crippen LogP contribution in [0.1, 0.15) is 11.4 Å². The van der Waals surface area contributed by atoms with Crippen molar-refractivity contribution in [1.82, 2.24) is 15.0 Å². The molecule has 0 spiro atoms. The fourth-order valence-electron chi connectivity index (χ4n) is 1.39. The average molecular weight is 204 g/mol. The van der Waals surface area contributed by atoms with E-state index < -0.39 is 0 Å². The zero-order valence-electron chi connectivity index (χ0n) is 8.38. The Morgan fingerprint density at radius 1 is 1.33 bits per heavy atom. The number of phenolic OH excluding ortho intramolecular Hbond substituents is 1. The van der Waals surface area contributed by atoms with Crippen LogP contribution in [0.3, 0.4) is 0 Å². The SMILES string of the molecule is Cc1c(CN)nnn1-c1ccc(O)cc1. The molecule has 1 heterocycles. The van der Waals surface area contributed by atoms with Crippen LogP contribution in [-0.4, -0.2) is 20.1 Å². The predicted molar refractivity (Wildman–Crippen MR) is 55.7 cm³/mol. The minimum Gasteiger partial charge on any atom is -0.508 e. The lowest BCUT2D eigenvalue weighted by molar-refractivity contribution is 0.475. The Bertz CT molecular complexity index is 461. The maximum absolute atomic E-state index is 9.16. The Labute approximate surface area is 87.1 Å². The molecule has 0 fully saturated rings. The van der Waals surface area contributed by atoms with Gasteiger partial charge in [0.1, 0.15) is 5.75 Å². The fraction of sp³-hybridized carbons (Fsp3) is 0.200. The summed E-state index contributed by atoms with van der Waals surface area (Å²) in [5.41, 5.74) is 8.07. The summed E-state index contributed by atoms with van der Waals surface area (Å²) in [4.78, 5) is 0. The van der Waals surface area contributed by atoms with Gasteiger partial charge < -0.3 is 10.8 Å². The number of nitrogens with zero attached hydrogens (tertiary/aromatic N) is 3. The quantitative estimate of drug-likeness (QED) is 0.756. The number of aromatic nitrogens is 3. The van der Waals surface area contributed by atoms with Crippen LogP contribution in [0, 0.1) is 6.92 Å². The van der Waals surface area contributed by atoms with Gasteiger partial charge in [0.2, 0.25) is 0 Å². The molecule has 0 unspecified atom stereocenters. The zero-order chi connectivity index (χ0) is 10.8. The summed E-state index contributed by atoms with van der Waals surface area (Å²) in [7, 11) is 0. The molecule has 0 atom stereocenters. The van der Waals surface area contributed by atoms with Crippen molar-refractivity contribution < 1.29 is 5.11 Å². The van der Waals surface area contributed by atoms with Gasteiger partial charge in [-0.2, -0.15) is 0 Å². The maximum atomic E-state index is 9.16. The molecule has 78 valence electrons. The molecule has 0 saturated heterocycles. The van der Waals surface area contributed by atoms with E-state index >= 15 is 0 Å². The number of rotatable bonds is 2. The molecule has 0 bridgehead atoms. The molecule has 3 N–H and O–H groups in total. The molecule has 0 saturated carbocycles. The summed E-state index contributed by atoms with van der Waals surface area (Å²) in [5.74, 6) is 0.232. The van der Waals surface area contributed by atoms with Gasteiger partial charge in [0.25, 0.3) is 0 Å². The Kier molecular flexibility index (Phi) is 2.39. The van der Waals surface area contributed by atoms with E-state index in [-0.39, 0.29) is 5.75 Å². The van der Waals surface area contributed by atoms with Crippen molar-refractivity contribution in [3.63, 3.8) is 0 Å². The molecule has 2 aromatic rings. The van der Waals surface area contributed by atoms with Crippen LogP contribution in [0.15, 0.2) is 24.3 Å². The highest BCUT2D eigenvalue weighted by Gasteiger charge is 2.07. The number of aromatic hydroxyl groups is 1. The molecule has 0 aliphatic carbocycles. The highest BCUT2D eigenvalue weighted by Crippen LogP contribution is 2.15. The van der Waals surface area contributed by atoms with E-state index in [0.717, 1.165) is 17.1 Å². The molecule has 5 heteroatoms. The van der Waals surface area contributed by atoms with Crippen LogP contribution < -0.4 is 5.73 Å². The third kappa shape index (κ3) is 1.69. The molecule has 0 amide bonds. The smallest absolute Gasteiger partial charge is 0.115 e. The Balaban J connectivity index is 2.45. The van der Waals surface area contributed by atoms with Crippen LogP contribution in [-0.2, 0) is 6.54 Å². The van der Waals surface area contributed by atoms with Crippen LogP contribution in [0.5, 0.6) is 5.75 Å². The summed E-state index contributed by atoms with van der Waals surface area (Å²) in [5, 5.41) is 17.1. The van der Waals surface area contributed by atoms with Crippen molar-refractivity contribution >= 4 is 0 Å². The largest absolute Gasteiger partial charge is 0.508 e. The van der Waals surface area contributed by atoms with Crippen molar-refractivity contribution in [2.24, 2.45) is 5.73 Å². The molecule has 0 aliphatic heterocycles. The van der Waals surface area contributed by atoms with Crippen LogP contribution >= 0.6 is 0 Å². The first kappa shape index (κ1) is 9.67. The average Bonchev–Trinajstić information content (AvgIpc) is 2.61. The monoisotopic (exact) mass is 204 g/mol. The molecule has 1 aromatic carbocycles. The minimum absolute atomic E-state index is 0.232. The van der Waals surface area contributed by atoms with Gasteiger partial charge in [-0.15, -0.1) is 5.10 Å². The molecule has 0 radical (unpaired) electrons. The molecule has 0 aliphatic rings. The normalized spacial score (nSPS) is 10.5. The molecular weight excluding hydrogens is 192 g/mol. The zero-order valence-corrected chi connectivity index (χ0v) is 8.38. The van der Waals surface area contributed by atoms with E-state index in [0.29, 0.717) is 6.54 Å². The fourth-order valence-corrected chi connectivity index (χ4v) is 1.39. The second-order valence-corrected chi connectivity index (χ2v) is 3.25. The first-order chi connectivity index (χ1) is 7.22. The van der Waals surface area contributed by atoms with Crippen molar-refractivity contribution in [1.29, 1.82) is 0 Å². The van der Waals surface area contributed by atoms with E-state index in [1.807, 2.05) is 6.92 Å². The topological polar surface area (TPSA) is 77.0 Å². The van der Waals surface area contributed by atoms with Gasteiger partial charge in [-0.3, -0.25) is 0 Å². The van der Waals surface area contributed by atoms with Crippen LogP contribution in [0.2, 0.25) is 0 Å². The van der Waals surface area contributed by atoms with Gasteiger partial charge in [-0.05, 0) is 31.2 Å². The highest BCUT2D eigenvalue weighted by atomic mass is 16.3. The highest BCUT2D eigenvalue weighted by molar-refractivity contribution is 5.37. The standard InChI is InChI=1S/C10H12N4O/c1-7-10(6-11)12-13-14(7)8-2-4-9(15)5-3-8/h2-5,15H,6,11H2,1H3. The number of hydrogen-bond donors (Lipinski definition) is 2. The van der Waals surface area contributed by atoms with Crippen molar-refractivity contribution in [2.45, 2.75) is 13.5 Å². The third-order valence-corrected chi connectivity index (χ3v) is 2.28. The summed E-state index contributed by atoms with van der Waals surface area (Å²) >= 11 is 0.